The summed E-state index contributed by atoms with van der Waals surface area (Å²) in [5, 5.41) is 2.05. The molecule has 0 aliphatic carbocycles. The average Bonchev–Trinajstić information content (AvgIpc) is 3.39. The minimum atomic E-state index is -0.180. The fraction of sp³-hybridized carbons (Fsp3) is 0.619. The van der Waals surface area contributed by atoms with Crippen molar-refractivity contribution in [3.8, 4) is 10.8 Å². The summed E-state index contributed by atoms with van der Waals surface area (Å²) in [4.78, 5) is 24.6. The summed E-state index contributed by atoms with van der Waals surface area (Å²) in [5.74, 6) is 1.65. The number of hydrogen-bond acceptors (Lipinski definition) is 7. The van der Waals surface area contributed by atoms with Gasteiger partial charge in [0.2, 0.25) is 5.89 Å². The van der Waals surface area contributed by atoms with E-state index < -0.39 is 0 Å². The van der Waals surface area contributed by atoms with Crippen molar-refractivity contribution in [2.24, 2.45) is 0 Å². The highest BCUT2D eigenvalue weighted by Gasteiger charge is 2.30. The first-order chi connectivity index (χ1) is 14.1. The predicted octanol–water partition coefficient (Wildman–Crippen LogP) is 3.45. The van der Waals surface area contributed by atoms with E-state index in [0.29, 0.717) is 12.6 Å². The highest BCUT2D eigenvalue weighted by atomic mass is 32.1. The number of thiophene rings is 1. The van der Waals surface area contributed by atoms with E-state index in [0.717, 1.165) is 68.0 Å². The lowest BCUT2D eigenvalue weighted by atomic mass is 10.0. The molecule has 2 saturated heterocycles. The molecule has 1 unspecified atom stereocenters. The summed E-state index contributed by atoms with van der Waals surface area (Å²) < 4.78 is 11.0. The van der Waals surface area contributed by atoms with E-state index in [9.17, 15) is 4.79 Å². The summed E-state index contributed by atoms with van der Waals surface area (Å²) in [6, 6.07) is 4.61. The van der Waals surface area contributed by atoms with Crippen LogP contribution in [0.25, 0.3) is 10.8 Å². The Hall–Kier alpha value is -1.90. The van der Waals surface area contributed by atoms with E-state index in [-0.39, 0.29) is 6.09 Å². The molecule has 0 saturated carbocycles. The molecule has 0 bridgehead atoms. The Labute approximate surface area is 176 Å². The zero-order chi connectivity index (χ0) is 20.2. The van der Waals surface area contributed by atoms with Crippen LogP contribution in [0.15, 0.2) is 21.9 Å². The molecular formula is C21H30N4O3S. The molecule has 2 fully saturated rings. The molecule has 1 amide bonds. The first-order valence-corrected chi connectivity index (χ1v) is 11.4. The maximum Gasteiger partial charge on any atom is 0.409 e. The standard InChI is InChI=1S/C21H30N4O3S/c1-3-27-21(26)25-11-9-24(10-12-25)17-6-4-8-23(14-17)15-18-16(2)28-20(22-18)19-7-5-13-29-19/h5,7,13,17H,3-4,6,8-12,14-15H2,1-2H3. The number of nitrogens with zero attached hydrogens (tertiary/aromatic N) is 4. The highest BCUT2D eigenvalue weighted by molar-refractivity contribution is 7.13. The van der Waals surface area contributed by atoms with Crippen LogP contribution in [0.2, 0.25) is 0 Å². The molecule has 2 aliphatic rings. The Morgan fingerprint density at radius 3 is 2.86 bits per heavy atom. The smallest absolute Gasteiger partial charge is 0.409 e. The quantitative estimate of drug-likeness (QED) is 0.741. The Morgan fingerprint density at radius 2 is 2.14 bits per heavy atom. The maximum absolute atomic E-state index is 11.9. The van der Waals surface area contributed by atoms with E-state index in [2.05, 4.69) is 9.80 Å². The number of likely N-dealkylation sites (tertiary alicyclic amines) is 1. The second-order valence-corrected chi connectivity index (χ2v) is 8.70. The van der Waals surface area contributed by atoms with Crippen molar-refractivity contribution in [2.45, 2.75) is 39.3 Å². The predicted molar refractivity (Wildman–Crippen MR) is 113 cm³/mol. The van der Waals surface area contributed by atoms with E-state index in [1.54, 1.807) is 11.3 Å². The Bertz CT molecular complexity index is 799. The van der Waals surface area contributed by atoms with Gasteiger partial charge in [0, 0.05) is 45.3 Å². The lowest BCUT2D eigenvalue weighted by molar-refractivity contribution is 0.0409. The number of hydrogen-bond donors (Lipinski definition) is 0. The summed E-state index contributed by atoms with van der Waals surface area (Å²) >= 11 is 1.66. The molecule has 1 atom stereocenters. The Morgan fingerprint density at radius 1 is 1.31 bits per heavy atom. The molecule has 29 heavy (non-hydrogen) atoms. The monoisotopic (exact) mass is 418 g/mol. The van der Waals surface area contributed by atoms with Crippen LogP contribution >= 0.6 is 11.3 Å². The molecule has 2 aromatic rings. The number of aromatic nitrogens is 1. The molecule has 2 aromatic heterocycles. The number of oxazole rings is 1. The van der Waals surface area contributed by atoms with Gasteiger partial charge in [-0.05, 0) is 44.7 Å². The maximum atomic E-state index is 11.9. The van der Waals surface area contributed by atoms with Gasteiger partial charge in [-0.15, -0.1) is 11.3 Å². The van der Waals surface area contributed by atoms with Crippen molar-refractivity contribution < 1.29 is 13.9 Å². The van der Waals surface area contributed by atoms with E-state index >= 15 is 0 Å². The van der Waals surface area contributed by atoms with Gasteiger partial charge >= 0.3 is 6.09 Å². The molecule has 4 rings (SSSR count). The highest BCUT2D eigenvalue weighted by Crippen LogP contribution is 2.27. The molecule has 4 heterocycles. The van der Waals surface area contributed by atoms with Gasteiger partial charge in [-0.2, -0.15) is 0 Å². The molecule has 0 spiro atoms. The van der Waals surface area contributed by atoms with Crippen LogP contribution in [0, 0.1) is 6.92 Å². The lowest BCUT2D eigenvalue weighted by Gasteiger charge is -2.43. The molecule has 0 aromatic carbocycles. The second kappa shape index (κ2) is 9.28. The van der Waals surface area contributed by atoms with E-state index in [1.165, 1.54) is 12.8 Å². The summed E-state index contributed by atoms with van der Waals surface area (Å²) in [5.41, 5.74) is 1.04. The number of aryl methyl sites for hydroxylation is 1. The van der Waals surface area contributed by atoms with Crippen LogP contribution in [0.3, 0.4) is 0 Å². The molecule has 0 radical (unpaired) electrons. The van der Waals surface area contributed by atoms with Gasteiger partial charge in [-0.1, -0.05) is 6.07 Å². The summed E-state index contributed by atoms with van der Waals surface area (Å²) in [6.07, 6.45) is 2.23. The van der Waals surface area contributed by atoms with Crippen LogP contribution in [-0.2, 0) is 11.3 Å². The van der Waals surface area contributed by atoms with Gasteiger partial charge < -0.3 is 14.1 Å². The molecule has 158 valence electrons. The zero-order valence-corrected chi connectivity index (χ0v) is 18.1. The van der Waals surface area contributed by atoms with Gasteiger partial charge in [-0.3, -0.25) is 9.80 Å². The molecule has 8 heteroatoms. The summed E-state index contributed by atoms with van der Waals surface area (Å²) in [7, 11) is 0. The normalized spacial score (nSPS) is 21.4. The van der Waals surface area contributed by atoms with Gasteiger partial charge in [0.25, 0.3) is 0 Å². The largest absolute Gasteiger partial charge is 0.450 e. The fourth-order valence-electron chi connectivity index (χ4n) is 4.25. The zero-order valence-electron chi connectivity index (χ0n) is 17.3. The van der Waals surface area contributed by atoms with Crippen LogP contribution < -0.4 is 0 Å². The van der Waals surface area contributed by atoms with Gasteiger partial charge in [0.15, 0.2) is 0 Å². The van der Waals surface area contributed by atoms with Crippen LogP contribution in [0.5, 0.6) is 0 Å². The summed E-state index contributed by atoms with van der Waals surface area (Å²) in [6.45, 7) is 10.6. The van der Waals surface area contributed by atoms with Crippen molar-refractivity contribution >= 4 is 17.4 Å². The second-order valence-electron chi connectivity index (χ2n) is 7.75. The van der Waals surface area contributed by atoms with Crippen molar-refractivity contribution in [1.82, 2.24) is 19.7 Å². The number of carbonyl (C=O) groups excluding carboxylic acids is 1. The molecular weight excluding hydrogens is 388 g/mol. The minimum Gasteiger partial charge on any atom is -0.450 e. The van der Waals surface area contributed by atoms with Crippen molar-refractivity contribution in [3.63, 3.8) is 0 Å². The van der Waals surface area contributed by atoms with Gasteiger partial charge in [0.05, 0.1) is 17.2 Å². The van der Waals surface area contributed by atoms with Crippen LogP contribution in [-0.4, -0.2) is 77.7 Å². The number of piperazine rings is 1. The van der Waals surface area contributed by atoms with Gasteiger partial charge in [-0.25, -0.2) is 9.78 Å². The Kier molecular flexibility index (Phi) is 6.52. The third kappa shape index (κ3) is 4.82. The number of carbonyl (C=O) groups is 1. The lowest BCUT2D eigenvalue weighted by Crippen LogP contribution is -2.55. The van der Waals surface area contributed by atoms with Crippen molar-refractivity contribution in [3.05, 3.63) is 29.0 Å². The van der Waals surface area contributed by atoms with E-state index in [1.807, 2.05) is 36.3 Å². The average molecular weight is 419 g/mol. The van der Waals surface area contributed by atoms with Crippen molar-refractivity contribution in [1.29, 1.82) is 0 Å². The van der Waals surface area contributed by atoms with Crippen LogP contribution in [0.1, 0.15) is 31.2 Å². The number of amides is 1. The number of rotatable bonds is 5. The molecule has 2 aliphatic heterocycles. The fourth-order valence-corrected chi connectivity index (χ4v) is 4.90. The molecule has 0 N–H and O–H groups in total. The Balaban J connectivity index is 1.32. The van der Waals surface area contributed by atoms with Crippen molar-refractivity contribution in [2.75, 3.05) is 45.9 Å². The SMILES string of the molecule is CCOC(=O)N1CCN(C2CCCN(Cc3nc(-c4cccs4)oc3C)C2)CC1. The topological polar surface area (TPSA) is 62.1 Å². The number of piperidine rings is 1. The third-order valence-electron chi connectivity index (χ3n) is 5.84. The molecule has 7 nitrogen and oxygen atoms in total. The first kappa shape index (κ1) is 20.4. The van der Waals surface area contributed by atoms with Gasteiger partial charge in [0.1, 0.15) is 5.76 Å². The van der Waals surface area contributed by atoms with E-state index in [4.69, 9.17) is 14.1 Å². The third-order valence-corrected chi connectivity index (χ3v) is 6.69. The number of ether oxygens (including phenoxy) is 1. The minimum absolute atomic E-state index is 0.180. The first-order valence-electron chi connectivity index (χ1n) is 10.5. The van der Waals surface area contributed by atoms with Crippen LogP contribution in [0.4, 0.5) is 4.79 Å².